The molecule has 2 rings (SSSR count). The maximum absolute atomic E-state index is 11.7. The second kappa shape index (κ2) is 2.99. The van der Waals surface area contributed by atoms with E-state index >= 15 is 0 Å². The molecular weight excluding hydrogens is 209 g/mol. The number of hydrogen-bond acceptors (Lipinski definition) is 3. The van der Waals surface area contributed by atoms with Crippen molar-refractivity contribution in [3.63, 3.8) is 0 Å². The van der Waals surface area contributed by atoms with E-state index in [1.54, 1.807) is 0 Å². The molecule has 0 N–H and O–H groups in total. The van der Waals surface area contributed by atoms with E-state index in [9.17, 15) is 9.59 Å². The minimum atomic E-state index is -0.525. The largest absolute Gasteiger partial charge is 0.443 e. The summed E-state index contributed by atoms with van der Waals surface area (Å²) in [6, 6.07) is 0. The molecule has 15 heavy (non-hydrogen) atoms. The topological polar surface area (TPSA) is 46.6 Å². The Balaban J connectivity index is 2.02. The minimum Gasteiger partial charge on any atom is -0.443 e. The van der Waals surface area contributed by atoms with E-state index in [1.165, 1.54) is 4.90 Å². The lowest BCUT2D eigenvalue weighted by Gasteiger charge is -2.24. The van der Waals surface area contributed by atoms with Gasteiger partial charge in [-0.2, -0.15) is 0 Å². The lowest BCUT2D eigenvalue weighted by molar-refractivity contribution is -0.129. The van der Waals surface area contributed by atoms with Crippen LogP contribution in [0.15, 0.2) is 0 Å². The van der Waals surface area contributed by atoms with Gasteiger partial charge in [0.15, 0.2) is 0 Å². The predicted molar refractivity (Wildman–Crippen MR) is 57.3 cm³/mol. The molecule has 1 heterocycles. The number of likely N-dealkylation sites (tertiary alicyclic amines) is 1. The Hall–Kier alpha value is -0.528. The van der Waals surface area contributed by atoms with E-state index in [1.807, 2.05) is 20.8 Å². The zero-order valence-electron chi connectivity index (χ0n) is 9.66. The summed E-state index contributed by atoms with van der Waals surface area (Å²) in [7, 11) is 0. The number of carbonyl (C=O) groups excluding carboxylic acids is 2. The first kappa shape index (κ1) is 11.0. The van der Waals surface area contributed by atoms with Crippen LogP contribution in [0.5, 0.6) is 0 Å². The summed E-state index contributed by atoms with van der Waals surface area (Å²) >= 11 is 0.980. The zero-order valence-corrected chi connectivity index (χ0v) is 11.7. The first-order valence-electron chi connectivity index (χ1n) is 5.27. The van der Waals surface area contributed by atoms with Crippen molar-refractivity contribution in [2.45, 2.75) is 37.1 Å². The number of imide groups is 1. The maximum atomic E-state index is 11.7. The van der Waals surface area contributed by atoms with Crippen molar-refractivity contribution in [2.75, 3.05) is 6.54 Å². The smallest absolute Gasteiger partial charge is 0.417 e. The highest BCUT2D eigenvalue weighted by molar-refractivity contribution is 6.23. The molecule has 1 aliphatic heterocycles. The fourth-order valence-corrected chi connectivity index (χ4v) is 3.04. The van der Waals surface area contributed by atoms with Crippen molar-refractivity contribution in [2.24, 2.45) is 5.92 Å². The van der Waals surface area contributed by atoms with Crippen LogP contribution in [0.4, 0.5) is 4.79 Å². The minimum absolute atomic E-state index is 0.0285. The molecule has 4 nitrogen and oxygen atoms in total. The van der Waals surface area contributed by atoms with Gasteiger partial charge in [-0.05, 0) is 27.2 Å². The molecule has 0 spiro atoms. The van der Waals surface area contributed by atoms with E-state index < -0.39 is 11.7 Å². The fourth-order valence-electron chi connectivity index (χ4n) is 2.07. The summed E-state index contributed by atoms with van der Waals surface area (Å²) in [6.07, 6.45) is 0.507. The lowest BCUT2D eigenvalue weighted by Crippen LogP contribution is -2.39. The Labute approximate surface area is 97.4 Å². The normalized spacial score (nSPS) is 33.9. The van der Waals surface area contributed by atoms with Gasteiger partial charge in [0.1, 0.15) is 5.60 Å². The summed E-state index contributed by atoms with van der Waals surface area (Å²) in [5.74, 6) is 0.0935. The molecule has 1 saturated carbocycles. The van der Waals surface area contributed by atoms with Crippen LogP contribution in [-0.4, -0.2) is 45.3 Å². The average molecular weight is 225 g/mol. The maximum Gasteiger partial charge on any atom is 0.417 e. The van der Waals surface area contributed by atoms with Crippen LogP contribution in [-0.2, 0) is 9.53 Å². The molecule has 1 saturated heterocycles. The number of ether oxygens (including phenoxy) is 1. The van der Waals surface area contributed by atoms with Crippen LogP contribution in [0.1, 0.15) is 27.2 Å². The molecule has 2 unspecified atom stereocenters. The molecule has 0 radical (unpaired) electrons. The van der Waals surface area contributed by atoms with Crippen LogP contribution in [0.2, 0.25) is 4.28 Å². The number of rotatable bonds is 0. The summed E-state index contributed by atoms with van der Waals surface area (Å²) in [6.45, 7) is 6.01. The number of amides is 2. The number of nitrogens with zero attached hydrogens (tertiary/aromatic N) is 1. The molecule has 2 atom stereocenters. The van der Waals surface area contributed by atoms with E-state index in [0.717, 1.165) is 22.7 Å². The van der Waals surface area contributed by atoms with Gasteiger partial charge in [0.2, 0.25) is 22.2 Å². The van der Waals surface area contributed by atoms with Gasteiger partial charge in [0.05, 0.1) is 0 Å². The third kappa shape index (κ3) is 1.91. The molecular formula is C10H16AlNO3. The second-order valence-electron chi connectivity index (χ2n) is 5.82. The highest BCUT2D eigenvalue weighted by Crippen LogP contribution is 2.62. The van der Waals surface area contributed by atoms with Gasteiger partial charge in [0.25, 0.3) is 0 Å². The predicted octanol–water partition coefficient (Wildman–Crippen LogP) is 0.575. The Kier molecular flexibility index (Phi) is 2.19. The Morgan fingerprint density at radius 3 is 2.60 bits per heavy atom. The first-order chi connectivity index (χ1) is 6.73. The Bertz CT molecular complexity index is 336. The summed E-state index contributed by atoms with van der Waals surface area (Å²) < 4.78 is 5.36. The second-order valence-corrected chi connectivity index (χ2v) is 7.81. The standard InChI is InChI=1S/C10H14NO3.Al.2H/c1-10(2,3)14-9(13)11-5-6-4-7(6)8(11)12;;;/h7H,4-5H2,1-3H3;;;. The van der Waals surface area contributed by atoms with Crippen LogP contribution < -0.4 is 0 Å². The molecule has 0 aromatic rings. The molecule has 2 aliphatic rings. The number of carbonyl (C=O) groups is 2. The van der Waals surface area contributed by atoms with Gasteiger partial charge in [-0.25, -0.2) is 9.69 Å². The van der Waals surface area contributed by atoms with Crippen molar-refractivity contribution in [1.82, 2.24) is 4.90 Å². The fraction of sp³-hybridized carbons (Fsp3) is 0.800. The van der Waals surface area contributed by atoms with E-state index in [0.29, 0.717) is 6.54 Å². The van der Waals surface area contributed by atoms with Gasteiger partial charge in [-0.1, -0.05) is 4.28 Å². The summed E-state index contributed by atoms with van der Waals surface area (Å²) in [5.41, 5.74) is -0.525. The Morgan fingerprint density at radius 1 is 1.60 bits per heavy atom. The molecule has 2 amide bonds. The SMILES string of the molecule is CC(C)(C)OC(=O)N1C[C]2([AlH2])CC2C1=O. The van der Waals surface area contributed by atoms with Gasteiger partial charge < -0.3 is 4.74 Å². The highest BCUT2D eigenvalue weighted by Gasteiger charge is 2.63. The average Bonchev–Trinajstić information content (AvgIpc) is 2.63. The summed E-state index contributed by atoms with van der Waals surface area (Å²) in [4.78, 5) is 24.7. The molecule has 2 fully saturated rings. The number of fused-ring (bicyclic) bond motifs is 1. The van der Waals surface area contributed by atoms with Crippen LogP contribution in [0.3, 0.4) is 0 Å². The van der Waals surface area contributed by atoms with Crippen molar-refractivity contribution in [3.8, 4) is 0 Å². The molecule has 1 aliphatic carbocycles. The van der Waals surface area contributed by atoms with E-state index in [4.69, 9.17) is 4.74 Å². The van der Waals surface area contributed by atoms with Crippen LogP contribution in [0, 0.1) is 5.92 Å². The van der Waals surface area contributed by atoms with Crippen LogP contribution in [0.25, 0.3) is 0 Å². The van der Waals surface area contributed by atoms with E-state index in [-0.39, 0.29) is 16.1 Å². The third-order valence-electron chi connectivity index (χ3n) is 3.05. The zero-order chi connectivity index (χ0) is 11.4. The van der Waals surface area contributed by atoms with Crippen molar-refractivity contribution in [3.05, 3.63) is 0 Å². The van der Waals surface area contributed by atoms with Crippen molar-refractivity contribution < 1.29 is 14.3 Å². The first-order valence-corrected chi connectivity index (χ1v) is 6.27. The van der Waals surface area contributed by atoms with Gasteiger partial charge >= 0.3 is 6.09 Å². The van der Waals surface area contributed by atoms with Gasteiger partial charge in [-0.3, -0.25) is 4.79 Å². The van der Waals surface area contributed by atoms with Crippen molar-refractivity contribution >= 4 is 28.3 Å². The number of hydrogen-bond donors (Lipinski definition) is 0. The molecule has 0 aromatic carbocycles. The Morgan fingerprint density at radius 2 is 2.20 bits per heavy atom. The van der Waals surface area contributed by atoms with Crippen molar-refractivity contribution in [1.29, 1.82) is 0 Å². The monoisotopic (exact) mass is 225 g/mol. The molecule has 5 heteroatoms. The van der Waals surface area contributed by atoms with Gasteiger partial charge in [0, 0.05) is 12.5 Å². The third-order valence-corrected chi connectivity index (χ3v) is 4.47. The summed E-state index contributed by atoms with van der Waals surface area (Å²) in [5, 5.41) is 0. The van der Waals surface area contributed by atoms with Crippen LogP contribution >= 0.6 is 0 Å². The van der Waals surface area contributed by atoms with Gasteiger partial charge in [-0.15, -0.1) is 0 Å². The molecule has 0 bridgehead atoms. The number of piperidine rings is 1. The van der Waals surface area contributed by atoms with E-state index in [2.05, 4.69) is 0 Å². The lowest BCUT2D eigenvalue weighted by atomic mass is 10.2. The molecule has 82 valence electrons. The quantitative estimate of drug-likeness (QED) is 0.566. The highest BCUT2D eigenvalue weighted by atomic mass is 27.0. The molecule has 0 aromatic heterocycles.